The highest BCUT2D eigenvalue weighted by molar-refractivity contribution is 5.91. The fraction of sp³-hybridized carbons (Fsp3) is 0.316. The summed E-state index contributed by atoms with van der Waals surface area (Å²) >= 11 is 0. The SMILES string of the molecule is Cc1cccnc1CN(C)CCN(C)C(=O)c1ncc2ccccn12. The van der Waals surface area contributed by atoms with Gasteiger partial charge >= 0.3 is 0 Å². The number of imidazole rings is 1. The second kappa shape index (κ2) is 7.44. The first-order valence-corrected chi connectivity index (χ1v) is 8.33. The largest absolute Gasteiger partial charge is 0.338 e. The molecule has 0 aromatic carbocycles. The van der Waals surface area contributed by atoms with Crippen molar-refractivity contribution < 1.29 is 4.79 Å². The van der Waals surface area contributed by atoms with Gasteiger partial charge < -0.3 is 4.90 Å². The Morgan fingerprint density at radius 1 is 1.12 bits per heavy atom. The molecule has 0 radical (unpaired) electrons. The van der Waals surface area contributed by atoms with Gasteiger partial charge in [0, 0.05) is 39.1 Å². The number of aryl methyl sites for hydroxylation is 1. The van der Waals surface area contributed by atoms with Gasteiger partial charge in [0.1, 0.15) is 0 Å². The number of aromatic nitrogens is 3. The second-order valence-electron chi connectivity index (χ2n) is 6.31. The van der Waals surface area contributed by atoms with Crippen LogP contribution in [0.25, 0.3) is 5.52 Å². The smallest absolute Gasteiger partial charge is 0.290 e. The highest BCUT2D eigenvalue weighted by atomic mass is 16.2. The number of nitrogens with zero attached hydrogens (tertiary/aromatic N) is 5. The number of hydrogen-bond donors (Lipinski definition) is 0. The number of amides is 1. The highest BCUT2D eigenvalue weighted by Gasteiger charge is 2.17. The van der Waals surface area contributed by atoms with Crippen LogP contribution in [-0.4, -0.2) is 57.3 Å². The molecule has 3 heterocycles. The molecule has 0 bridgehead atoms. The van der Waals surface area contributed by atoms with E-state index in [9.17, 15) is 4.79 Å². The van der Waals surface area contributed by atoms with Crippen LogP contribution in [-0.2, 0) is 6.54 Å². The molecule has 0 N–H and O–H groups in total. The van der Waals surface area contributed by atoms with Crippen LogP contribution in [0.15, 0.2) is 48.9 Å². The van der Waals surface area contributed by atoms with Crippen molar-refractivity contribution in [2.45, 2.75) is 13.5 Å². The summed E-state index contributed by atoms with van der Waals surface area (Å²) in [4.78, 5) is 25.2. The Morgan fingerprint density at radius 2 is 1.96 bits per heavy atom. The van der Waals surface area contributed by atoms with Crippen molar-refractivity contribution in [1.82, 2.24) is 24.2 Å². The minimum atomic E-state index is -0.0754. The Balaban J connectivity index is 1.59. The number of carbonyl (C=O) groups excluding carboxylic acids is 1. The van der Waals surface area contributed by atoms with E-state index in [0.29, 0.717) is 12.4 Å². The van der Waals surface area contributed by atoms with Gasteiger partial charge in [-0.15, -0.1) is 0 Å². The first-order chi connectivity index (χ1) is 12.1. The van der Waals surface area contributed by atoms with Crippen molar-refractivity contribution >= 4 is 11.4 Å². The zero-order valence-corrected chi connectivity index (χ0v) is 14.9. The number of likely N-dealkylation sites (N-methyl/N-ethyl adjacent to an activating group) is 2. The summed E-state index contributed by atoms with van der Waals surface area (Å²) in [5.74, 6) is 0.370. The van der Waals surface area contributed by atoms with Crippen molar-refractivity contribution in [3.05, 3.63) is 66.0 Å². The van der Waals surface area contributed by atoms with Gasteiger partial charge in [0.2, 0.25) is 5.82 Å². The third-order valence-corrected chi connectivity index (χ3v) is 4.33. The first kappa shape index (κ1) is 17.1. The van der Waals surface area contributed by atoms with E-state index in [4.69, 9.17) is 0 Å². The average molecular weight is 337 g/mol. The molecule has 3 aromatic rings. The molecule has 0 unspecified atom stereocenters. The van der Waals surface area contributed by atoms with E-state index in [1.165, 1.54) is 5.56 Å². The van der Waals surface area contributed by atoms with Crippen LogP contribution in [0.1, 0.15) is 21.9 Å². The molecule has 130 valence electrons. The number of fused-ring (bicyclic) bond motifs is 1. The molecular formula is C19H23N5O. The maximum Gasteiger partial charge on any atom is 0.290 e. The van der Waals surface area contributed by atoms with Crippen molar-refractivity contribution in [2.75, 3.05) is 27.2 Å². The number of pyridine rings is 2. The average Bonchev–Trinajstić information content (AvgIpc) is 3.05. The summed E-state index contributed by atoms with van der Waals surface area (Å²) in [7, 11) is 3.85. The zero-order valence-electron chi connectivity index (χ0n) is 14.9. The van der Waals surface area contributed by atoms with Crippen LogP contribution in [0.3, 0.4) is 0 Å². The van der Waals surface area contributed by atoms with Crippen molar-refractivity contribution in [1.29, 1.82) is 0 Å². The lowest BCUT2D eigenvalue weighted by molar-refractivity contribution is 0.0769. The lowest BCUT2D eigenvalue weighted by Crippen LogP contribution is -2.35. The van der Waals surface area contributed by atoms with Crippen LogP contribution in [0.4, 0.5) is 0 Å². The maximum absolute atomic E-state index is 12.7. The molecule has 0 saturated carbocycles. The van der Waals surface area contributed by atoms with Gasteiger partial charge in [0.25, 0.3) is 5.91 Å². The minimum absolute atomic E-state index is 0.0754. The molecule has 0 aliphatic heterocycles. The Labute approximate surface area is 147 Å². The van der Waals surface area contributed by atoms with E-state index in [2.05, 4.69) is 27.9 Å². The first-order valence-electron chi connectivity index (χ1n) is 8.33. The predicted molar refractivity (Wildman–Crippen MR) is 97.5 cm³/mol. The summed E-state index contributed by atoms with van der Waals surface area (Å²) < 4.78 is 1.82. The van der Waals surface area contributed by atoms with E-state index in [1.54, 1.807) is 11.1 Å². The van der Waals surface area contributed by atoms with Gasteiger partial charge in [-0.05, 0) is 37.7 Å². The number of rotatable bonds is 6. The van der Waals surface area contributed by atoms with E-state index in [0.717, 1.165) is 24.3 Å². The molecule has 6 nitrogen and oxygen atoms in total. The normalized spacial score (nSPS) is 11.2. The van der Waals surface area contributed by atoms with Gasteiger partial charge in [-0.25, -0.2) is 4.98 Å². The minimum Gasteiger partial charge on any atom is -0.338 e. The number of hydrogen-bond acceptors (Lipinski definition) is 4. The van der Waals surface area contributed by atoms with E-state index < -0.39 is 0 Å². The summed E-state index contributed by atoms with van der Waals surface area (Å²) in [6, 6.07) is 9.78. The summed E-state index contributed by atoms with van der Waals surface area (Å²) in [6.07, 6.45) is 5.39. The topological polar surface area (TPSA) is 53.7 Å². The molecule has 0 atom stereocenters. The van der Waals surface area contributed by atoms with Crippen molar-refractivity contribution in [2.24, 2.45) is 0 Å². The van der Waals surface area contributed by atoms with Gasteiger partial charge in [0.05, 0.1) is 17.4 Å². The Morgan fingerprint density at radius 3 is 2.76 bits per heavy atom. The van der Waals surface area contributed by atoms with Crippen LogP contribution < -0.4 is 0 Å². The third kappa shape index (κ3) is 3.85. The Kier molecular flexibility index (Phi) is 5.09. The summed E-state index contributed by atoms with van der Waals surface area (Å²) in [5, 5.41) is 0. The number of carbonyl (C=O) groups is 1. The summed E-state index contributed by atoms with van der Waals surface area (Å²) in [5.41, 5.74) is 3.17. The van der Waals surface area contributed by atoms with Gasteiger partial charge in [-0.1, -0.05) is 12.1 Å². The molecular weight excluding hydrogens is 314 g/mol. The van der Waals surface area contributed by atoms with Crippen LogP contribution in [0.2, 0.25) is 0 Å². The molecule has 0 aliphatic rings. The van der Waals surface area contributed by atoms with Crippen LogP contribution >= 0.6 is 0 Å². The molecule has 3 rings (SSSR count). The van der Waals surface area contributed by atoms with Crippen molar-refractivity contribution in [3.8, 4) is 0 Å². The molecule has 0 spiro atoms. The zero-order chi connectivity index (χ0) is 17.8. The van der Waals surface area contributed by atoms with Gasteiger partial charge in [0.15, 0.2) is 0 Å². The predicted octanol–water partition coefficient (Wildman–Crippen LogP) is 2.24. The summed E-state index contributed by atoms with van der Waals surface area (Å²) in [6.45, 7) is 4.22. The van der Waals surface area contributed by atoms with E-state index >= 15 is 0 Å². The molecule has 6 heteroatoms. The van der Waals surface area contributed by atoms with Crippen molar-refractivity contribution in [3.63, 3.8) is 0 Å². The Bertz CT molecular complexity index is 873. The maximum atomic E-state index is 12.7. The fourth-order valence-corrected chi connectivity index (χ4v) is 2.71. The molecule has 3 aromatic heterocycles. The highest BCUT2D eigenvalue weighted by Crippen LogP contribution is 2.09. The fourth-order valence-electron chi connectivity index (χ4n) is 2.71. The molecule has 1 amide bonds. The molecule has 25 heavy (non-hydrogen) atoms. The van der Waals surface area contributed by atoms with Gasteiger partial charge in [-0.3, -0.25) is 19.1 Å². The standard InChI is InChI=1S/C19H23N5O/c1-15-7-6-9-20-17(15)14-22(2)11-12-23(3)19(25)18-21-13-16-8-4-5-10-24(16)18/h4-10,13H,11-12,14H2,1-3H3. The van der Waals surface area contributed by atoms with Crippen LogP contribution in [0.5, 0.6) is 0 Å². The Hall–Kier alpha value is -2.73. The lowest BCUT2D eigenvalue weighted by atomic mass is 10.2. The molecule has 0 aliphatic carbocycles. The van der Waals surface area contributed by atoms with Crippen LogP contribution in [0, 0.1) is 6.92 Å². The third-order valence-electron chi connectivity index (χ3n) is 4.33. The quantitative estimate of drug-likeness (QED) is 0.692. The van der Waals surface area contributed by atoms with Gasteiger partial charge in [-0.2, -0.15) is 0 Å². The molecule has 0 saturated heterocycles. The van der Waals surface area contributed by atoms with E-state index in [1.807, 2.05) is 55.2 Å². The van der Waals surface area contributed by atoms with E-state index in [-0.39, 0.29) is 5.91 Å². The monoisotopic (exact) mass is 337 g/mol. The molecule has 0 fully saturated rings. The lowest BCUT2D eigenvalue weighted by Gasteiger charge is -2.22. The second-order valence-corrected chi connectivity index (χ2v) is 6.31.